The molecule has 80 valence electrons. The third kappa shape index (κ3) is 1.92. The molecule has 5 heteroatoms. The molecule has 0 radical (unpaired) electrons. The van der Waals surface area contributed by atoms with E-state index in [1.54, 1.807) is 6.20 Å². The van der Waals surface area contributed by atoms with Crippen molar-refractivity contribution >= 4 is 0 Å². The fourth-order valence-electron chi connectivity index (χ4n) is 1.55. The molecule has 0 saturated carbocycles. The van der Waals surface area contributed by atoms with Crippen LogP contribution in [0.15, 0.2) is 18.5 Å². The van der Waals surface area contributed by atoms with Crippen LogP contribution in [0.25, 0.3) is 11.4 Å². The van der Waals surface area contributed by atoms with Crippen molar-refractivity contribution in [2.45, 2.75) is 13.5 Å². The van der Waals surface area contributed by atoms with Crippen LogP contribution < -0.4 is 5.32 Å². The normalized spacial score (nSPS) is 10.8. The molecule has 0 aliphatic rings. The molecule has 2 heterocycles. The molecule has 2 rings (SSSR count). The Balaban J connectivity index is 2.29. The summed E-state index contributed by atoms with van der Waals surface area (Å²) < 4.78 is 1.84. The van der Waals surface area contributed by atoms with Gasteiger partial charge >= 0.3 is 0 Å². The Morgan fingerprint density at radius 3 is 3.07 bits per heavy atom. The number of aryl methyl sites for hydroxylation is 1. The van der Waals surface area contributed by atoms with E-state index in [9.17, 15) is 0 Å². The fourth-order valence-corrected chi connectivity index (χ4v) is 1.55. The first-order valence-corrected chi connectivity index (χ1v) is 5.04. The summed E-state index contributed by atoms with van der Waals surface area (Å²) in [5, 5.41) is 14.5. The minimum absolute atomic E-state index is 0.827. The maximum absolute atomic E-state index is 4.14. The zero-order valence-electron chi connectivity index (χ0n) is 8.99. The first kappa shape index (κ1) is 9.92. The van der Waals surface area contributed by atoms with E-state index in [1.165, 1.54) is 5.56 Å². The monoisotopic (exact) mass is 205 g/mol. The smallest absolute Gasteiger partial charge is 0.0876 e. The van der Waals surface area contributed by atoms with E-state index >= 15 is 0 Å². The quantitative estimate of drug-likeness (QED) is 0.780. The lowest BCUT2D eigenvalue weighted by molar-refractivity contribution is 0.725. The van der Waals surface area contributed by atoms with Gasteiger partial charge in [-0.3, -0.25) is 9.78 Å². The van der Waals surface area contributed by atoms with Crippen molar-refractivity contribution in [3.8, 4) is 11.4 Å². The second-order valence-electron chi connectivity index (χ2n) is 3.39. The molecule has 0 amide bonds. The van der Waals surface area contributed by atoms with E-state index in [4.69, 9.17) is 0 Å². The van der Waals surface area contributed by atoms with Gasteiger partial charge in [0.2, 0.25) is 0 Å². The summed E-state index contributed by atoms with van der Waals surface area (Å²) in [7, 11) is 1.92. The molecule has 0 aromatic carbocycles. The van der Waals surface area contributed by atoms with E-state index in [1.807, 2.05) is 24.0 Å². The molecule has 0 aliphatic heterocycles. The number of rotatable bonds is 4. The van der Waals surface area contributed by atoms with E-state index < -0.39 is 0 Å². The zero-order chi connectivity index (χ0) is 10.7. The lowest BCUT2D eigenvalue weighted by Gasteiger charge is -2.03. The summed E-state index contributed by atoms with van der Waals surface area (Å²) >= 11 is 0. The summed E-state index contributed by atoms with van der Waals surface area (Å²) in [5.74, 6) is 0. The first-order chi connectivity index (χ1) is 7.33. The molecule has 0 aliphatic carbocycles. The van der Waals surface area contributed by atoms with Gasteiger partial charge in [0.15, 0.2) is 0 Å². The van der Waals surface area contributed by atoms with Gasteiger partial charge < -0.3 is 5.32 Å². The van der Waals surface area contributed by atoms with Crippen molar-refractivity contribution < 1.29 is 0 Å². The average Bonchev–Trinajstić information content (AvgIpc) is 2.82. The molecule has 0 spiro atoms. The molecule has 0 saturated heterocycles. The maximum atomic E-state index is 4.14. The predicted molar refractivity (Wildman–Crippen MR) is 58.2 cm³/mol. The summed E-state index contributed by atoms with van der Waals surface area (Å²) in [5.41, 5.74) is 3.26. The van der Waals surface area contributed by atoms with Crippen LogP contribution in [0.5, 0.6) is 0 Å². The minimum Gasteiger partial charge on any atom is -0.313 e. The van der Waals surface area contributed by atoms with Crippen LogP contribution >= 0.6 is 0 Å². The van der Waals surface area contributed by atoms with Crippen LogP contribution in [0.3, 0.4) is 0 Å². The summed E-state index contributed by atoms with van der Waals surface area (Å²) in [4.78, 5) is 0. The van der Waals surface area contributed by atoms with Crippen molar-refractivity contribution in [2.24, 2.45) is 7.05 Å². The molecule has 2 aromatic rings. The van der Waals surface area contributed by atoms with Crippen LogP contribution in [0.2, 0.25) is 0 Å². The summed E-state index contributed by atoms with van der Waals surface area (Å²) in [6.45, 7) is 3.87. The Morgan fingerprint density at radius 2 is 2.40 bits per heavy atom. The molecule has 5 nitrogen and oxygen atoms in total. The number of hydrogen-bond donors (Lipinski definition) is 2. The lowest BCUT2D eigenvalue weighted by Crippen LogP contribution is -2.12. The highest BCUT2D eigenvalue weighted by atomic mass is 15.3. The SMILES string of the molecule is CCNCc1cn[nH]c1-c1ccnn1C. The molecule has 15 heavy (non-hydrogen) atoms. The topological polar surface area (TPSA) is 58.5 Å². The predicted octanol–water partition coefficient (Wildman–Crippen LogP) is 0.920. The van der Waals surface area contributed by atoms with Gasteiger partial charge in [0.25, 0.3) is 0 Å². The molecular formula is C10H15N5. The van der Waals surface area contributed by atoms with E-state index in [-0.39, 0.29) is 0 Å². The van der Waals surface area contributed by atoms with Gasteiger partial charge in [0, 0.05) is 25.4 Å². The minimum atomic E-state index is 0.827. The largest absolute Gasteiger partial charge is 0.313 e. The van der Waals surface area contributed by atoms with E-state index in [0.29, 0.717) is 0 Å². The molecule has 2 aromatic heterocycles. The lowest BCUT2D eigenvalue weighted by atomic mass is 10.2. The standard InChI is InChI=1S/C10H15N5/c1-3-11-6-8-7-12-14-10(8)9-4-5-13-15(9)2/h4-5,7,11H,3,6H2,1-2H3,(H,12,14). The van der Waals surface area contributed by atoms with E-state index in [2.05, 4.69) is 27.5 Å². The maximum Gasteiger partial charge on any atom is 0.0876 e. The van der Waals surface area contributed by atoms with Gasteiger partial charge in [-0.1, -0.05) is 6.92 Å². The molecule has 0 atom stereocenters. The number of aromatic nitrogens is 4. The number of nitrogens with zero attached hydrogens (tertiary/aromatic N) is 3. The van der Waals surface area contributed by atoms with Gasteiger partial charge in [0.1, 0.15) is 0 Å². The molecule has 0 fully saturated rings. The average molecular weight is 205 g/mol. The van der Waals surface area contributed by atoms with Gasteiger partial charge in [0.05, 0.1) is 17.6 Å². The van der Waals surface area contributed by atoms with Crippen LogP contribution in [0.4, 0.5) is 0 Å². The Hall–Kier alpha value is -1.62. The van der Waals surface area contributed by atoms with Crippen LogP contribution in [-0.2, 0) is 13.6 Å². The number of H-pyrrole nitrogens is 1. The highest BCUT2D eigenvalue weighted by molar-refractivity contribution is 5.58. The van der Waals surface area contributed by atoms with Crippen LogP contribution in [-0.4, -0.2) is 26.5 Å². The second kappa shape index (κ2) is 4.27. The van der Waals surface area contributed by atoms with Crippen LogP contribution in [0, 0.1) is 0 Å². The summed E-state index contributed by atoms with van der Waals surface area (Å²) in [6, 6.07) is 1.98. The number of aromatic amines is 1. The highest BCUT2D eigenvalue weighted by Crippen LogP contribution is 2.19. The molecule has 0 bridgehead atoms. The Bertz CT molecular complexity index is 428. The van der Waals surface area contributed by atoms with E-state index in [0.717, 1.165) is 24.5 Å². The number of nitrogens with one attached hydrogen (secondary N) is 2. The zero-order valence-corrected chi connectivity index (χ0v) is 8.99. The van der Waals surface area contributed by atoms with Gasteiger partial charge in [-0.2, -0.15) is 10.2 Å². The van der Waals surface area contributed by atoms with Crippen molar-refractivity contribution in [1.82, 2.24) is 25.3 Å². The summed E-state index contributed by atoms with van der Waals surface area (Å²) in [6.07, 6.45) is 3.64. The van der Waals surface area contributed by atoms with Gasteiger partial charge in [-0.25, -0.2) is 0 Å². The Morgan fingerprint density at radius 1 is 1.53 bits per heavy atom. The highest BCUT2D eigenvalue weighted by Gasteiger charge is 2.09. The van der Waals surface area contributed by atoms with Crippen molar-refractivity contribution in [1.29, 1.82) is 0 Å². The Kier molecular flexibility index (Phi) is 2.82. The van der Waals surface area contributed by atoms with Crippen molar-refractivity contribution in [3.63, 3.8) is 0 Å². The third-order valence-electron chi connectivity index (χ3n) is 2.36. The first-order valence-electron chi connectivity index (χ1n) is 5.04. The van der Waals surface area contributed by atoms with Crippen molar-refractivity contribution in [2.75, 3.05) is 6.54 Å². The molecule has 0 unspecified atom stereocenters. The van der Waals surface area contributed by atoms with Crippen molar-refractivity contribution in [3.05, 3.63) is 24.0 Å². The Labute approximate surface area is 88.5 Å². The number of hydrogen-bond acceptors (Lipinski definition) is 3. The third-order valence-corrected chi connectivity index (χ3v) is 2.36. The molecular weight excluding hydrogens is 190 g/mol. The van der Waals surface area contributed by atoms with Gasteiger partial charge in [-0.15, -0.1) is 0 Å². The van der Waals surface area contributed by atoms with Gasteiger partial charge in [-0.05, 0) is 12.6 Å². The fraction of sp³-hybridized carbons (Fsp3) is 0.400. The van der Waals surface area contributed by atoms with Crippen LogP contribution in [0.1, 0.15) is 12.5 Å². The molecule has 2 N–H and O–H groups in total. The second-order valence-corrected chi connectivity index (χ2v) is 3.39.